The molecule has 2 heteroatoms. The van der Waals surface area contributed by atoms with Gasteiger partial charge in [0.15, 0.2) is 0 Å². The van der Waals surface area contributed by atoms with Gasteiger partial charge in [-0.25, -0.2) is 0 Å². The molecule has 0 bridgehead atoms. The van der Waals surface area contributed by atoms with E-state index in [0.717, 1.165) is 0 Å². The fourth-order valence-corrected chi connectivity index (χ4v) is 3.46. The van der Waals surface area contributed by atoms with Gasteiger partial charge in [-0.05, 0) is 49.7 Å². The molecule has 0 aliphatic heterocycles. The average molecular weight is 310 g/mol. The summed E-state index contributed by atoms with van der Waals surface area (Å²) in [7, 11) is 0. The minimum atomic E-state index is 0.423. The number of nitrogens with one attached hydrogen (secondary N) is 1. The minimum absolute atomic E-state index is 0.423. The van der Waals surface area contributed by atoms with Crippen molar-refractivity contribution in [1.29, 1.82) is 0 Å². The van der Waals surface area contributed by atoms with Crippen LogP contribution < -0.4 is 5.32 Å². The van der Waals surface area contributed by atoms with Gasteiger partial charge in [0.2, 0.25) is 0 Å². The Hall–Kier alpha value is -0.340. The van der Waals surface area contributed by atoms with Crippen LogP contribution in [-0.2, 0) is 0 Å². The maximum atomic E-state index is 3.78. The lowest BCUT2D eigenvalue weighted by Gasteiger charge is -2.36. The van der Waals surface area contributed by atoms with Crippen LogP contribution in [0.25, 0.3) is 0 Å². The van der Waals surface area contributed by atoms with Crippen molar-refractivity contribution < 1.29 is 0 Å². The monoisotopic (exact) mass is 309 g/mol. The Labute approximate surface area is 119 Å². The van der Waals surface area contributed by atoms with E-state index in [0.29, 0.717) is 17.5 Å². The van der Waals surface area contributed by atoms with Crippen LogP contribution in [0.1, 0.15) is 58.1 Å². The van der Waals surface area contributed by atoms with Crippen molar-refractivity contribution in [3.63, 3.8) is 0 Å². The molecule has 1 aliphatic carbocycles. The van der Waals surface area contributed by atoms with Gasteiger partial charge in [0.1, 0.15) is 0 Å². The number of hydrogen-bond donors (Lipinski definition) is 1. The number of hydrogen-bond acceptors (Lipinski definition) is 1. The highest BCUT2D eigenvalue weighted by Crippen LogP contribution is 2.36. The van der Waals surface area contributed by atoms with E-state index in [4.69, 9.17) is 0 Å². The van der Waals surface area contributed by atoms with Gasteiger partial charge in [-0.2, -0.15) is 0 Å². The summed E-state index contributed by atoms with van der Waals surface area (Å²) in [5, 5.41) is 3.78. The Kier molecular flexibility index (Phi) is 4.50. The topological polar surface area (TPSA) is 12.0 Å². The van der Waals surface area contributed by atoms with Crippen molar-refractivity contribution in [3.05, 3.63) is 34.3 Å². The molecule has 1 aromatic carbocycles. The van der Waals surface area contributed by atoms with Crippen molar-refractivity contribution in [2.45, 2.75) is 58.5 Å². The Balaban J connectivity index is 1.93. The highest BCUT2D eigenvalue weighted by Gasteiger charge is 2.27. The number of benzene rings is 1. The van der Waals surface area contributed by atoms with E-state index < -0.39 is 0 Å². The second kappa shape index (κ2) is 5.75. The Bertz CT molecular complexity index is 390. The molecule has 0 heterocycles. The largest absolute Gasteiger partial charge is 0.307 e. The summed E-state index contributed by atoms with van der Waals surface area (Å²) in [6.07, 6.45) is 5.30. The number of rotatable bonds is 3. The summed E-state index contributed by atoms with van der Waals surface area (Å²) < 4.78 is 1.21. The van der Waals surface area contributed by atoms with Crippen molar-refractivity contribution in [2.75, 3.05) is 0 Å². The highest BCUT2D eigenvalue weighted by molar-refractivity contribution is 9.10. The molecule has 2 rings (SSSR count). The van der Waals surface area contributed by atoms with E-state index in [1.54, 1.807) is 0 Å². The van der Waals surface area contributed by atoms with Crippen molar-refractivity contribution in [3.8, 4) is 0 Å². The molecule has 1 saturated carbocycles. The van der Waals surface area contributed by atoms with Crippen LogP contribution in [-0.4, -0.2) is 6.04 Å². The third-order valence-corrected chi connectivity index (χ3v) is 4.92. The van der Waals surface area contributed by atoms with E-state index in [1.807, 2.05) is 0 Å². The molecular formula is C16H24BrN. The van der Waals surface area contributed by atoms with Crippen LogP contribution in [0.5, 0.6) is 0 Å². The molecule has 0 saturated heterocycles. The maximum absolute atomic E-state index is 3.78. The molecule has 1 nitrogen and oxygen atoms in total. The van der Waals surface area contributed by atoms with Crippen LogP contribution in [0, 0.1) is 5.41 Å². The van der Waals surface area contributed by atoms with Gasteiger partial charge in [-0.1, -0.05) is 48.0 Å². The van der Waals surface area contributed by atoms with Crippen LogP contribution in [0.15, 0.2) is 28.7 Å². The van der Waals surface area contributed by atoms with Gasteiger partial charge < -0.3 is 5.32 Å². The summed E-state index contributed by atoms with van der Waals surface area (Å²) in [4.78, 5) is 0. The van der Waals surface area contributed by atoms with E-state index in [2.05, 4.69) is 66.3 Å². The fourth-order valence-electron chi connectivity index (χ4n) is 2.84. The lowest BCUT2D eigenvalue weighted by Crippen LogP contribution is -2.37. The van der Waals surface area contributed by atoms with Gasteiger partial charge in [-0.15, -0.1) is 0 Å². The molecule has 1 aromatic rings. The molecule has 0 radical (unpaired) electrons. The molecule has 0 aromatic heterocycles. The molecule has 1 atom stereocenters. The number of halogens is 1. The zero-order valence-corrected chi connectivity index (χ0v) is 13.3. The lowest BCUT2D eigenvalue weighted by atomic mass is 9.75. The van der Waals surface area contributed by atoms with E-state index >= 15 is 0 Å². The minimum Gasteiger partial charge on any atom is -0.307 e. The van der Waals surface area contributed by atoms with Gasteiger partial charge in [0.05, 0.1) is 0 Å². The second-order valence-corrected chi connectivity index (χ2v) is 7.20. The van der Waals surface area contributed by atoms with Crippen molar-refractivity contribution >= 4 is 15.9 Å². The average Bonchev–Trinajstić information content (AvgIpc) is 2.32. The predicted molar refractivity (Wildman–Crippen MR) is 81.7 cm³/mol. The summed E-state index contributed by atoms with van der Waals surface area (Å²) in [6, 6.07) is 9.62. The zero-order valence-electron chi connectivity index (χ0n) is 11.7. The first-order valence-corrected chi connectivity index (χ1v) is 7.78. The fraction of sp³-hybridized carbons (Fsp3) is 0.625. The standard InChI is InChI=1S/C16H24BrN/c1-12(14-6-4-5-7-15(14)17)18-13-8-10-16(2,3)11-9-13/h4-7,12-13,18H,8-11H2,1-3H3/t12-/m0/s1. The highest BCUT2D eigenvalue weighted by atomic mass is 79.9. The normalized spacial score (nSPS) is 21.8. The SMILES string of the molecule is C[C@H](NC1CCC(C)(C)CC1)c1ccccc1Br. The molecule has 18 heavy (non-hydrogen) atoms. The zero-order chi connectivity index (χ0) is 13.2. The van der Waals surface area contributed by atoms with Gasteiger partial charge in [-0.3, -0.25) is 0 Å². The summed E-state index contributed by atoms with van der Waals surface area (Å²) in [6.45, 7) is 7.04. The third-order valence-electron chi connectivity index (χ3n) is 4.20. The van der Waals surface area contributed by atoms with Crippen molar-refractivity contribution in [1.82, 2.24) is 5.32 Å². The van der Waals surface area contributed by atoms with Crippen LogP contribution in [0.3, 0.4) is 0 Å². The Morgan fingerprint density at radius 2 is 1.83 bits per heavy atom. The van der Waals surface area contributed by atoms with E-state index in [-0.39, 0.29) is 0 Å². The quantitative estimate of drug-likeness (QED) is 0.822. The summed E-state index contributed by atoms with van der Waals surface area (Å²) >= 11 is 3.64. The first kappa shape index (κ1) is 14.1. The molecule has 1 fully saturated rings. The molecule has 0 amide bonds. The smallest absolute Gasteiger partial charge is 0.0305 e. The molecule has 100 valence electrons. The Morgan fingerprint density at radius 3 is 2.44 bits per heavy atom. The second-order valence-electron chi connectivity index (χ2n) is 6.35. The first-order valence-electron chi connectivity index (χ1n) is 6.98. The first-order chi connectivity index (χ1) is 8.48. The molecule has 1 aliphatic rings. The molecule has 0 spiro atoms. The van der Waals surface area contributed by atoms with Crippen LogP contribution in [0.2, 0.25) is 0 Å². The summed E-state index contributed by atoms with van der Waals surface area (Å²) in [5.74, 6) is 0. The van der Waals surface area contributed by atoms with Crippen LogP contribution >= 0.6 is 15.9 Å². The third kappa shape index (κ3) is 3.58. The van der Waals surface area contributed by atoms with Gasteiger partial charge >= 0.3 is 0 Å². The van der Waals surface area contributed by atoms with Crippen molar-refractivity contribution in [2.24, 2.45) is 5.41 Å². The molecule has 0 unspecified atom stereocenters. The molecule has 1 N–H and O–H groups in total. The Morgan fingerprint density at radius 1 is 1.22 bits per heavy atom. The predicted octanol–water partition coefficient (Wildman–Crippen LogP) is 5.07. The van der Waals surface area contributed by atoms with E-state index in [1.165, 1.54) is 35.7 Å². The maximum Gasteiger partial charge on any atom is 0.0305 e. The van der Waals surface area contributed by atoms with Crippen LogP contribution in [0.4, 0.5) is 0 Å². The lowest BCUT2D eigenvalue weighted by molar-refractivity contribution is 0.200. The van der Waals surface area contributed by atoms with Gasteiger partial charge in [0, 0.05) is 16.6 Å². The van der Waals surface area contributed by atoms with E-state index in [9.17, 15) is 0 Å². The molecular weight excluding hydrogens is 286 g/mol. The van der Waals surface area contributed by atoms with Gasteiger partial charge in [0.25, 0.3) is 0 Å². The summed E-state index contributed by atoms with van der Waals surface area (Å²) in [5.41, 5.74) is 1.91.